The molecule has 2 aromatic rings. The summed E-state index contributed by atoms with van der Waals surface area (Å²) >= 11 is 1.59. The highest BCUT2D eigenvalue weighted by Gasteiger charge is 2.15. The van der Waals surface area contributed by atoms with Crippen molar-refractivity contribution in [1.29, 1.82) is 0 Å². The molecule has 0 atom stereocenters. The van der Waals surface area contributed by atoms with Crippen LogP contribution in [-0.2, 0) is 11.2 Å². The summed E-state index contributed by atoms with van der Waals surface area (Å²) in [7, 11) is 0. The van der Waals surface area contributed by atoms with Gasteiger partial charge in [-0.2, -0.15) is 15.0 Å². The van der Waals surface area contributed by atoms with Gasteiger partial charge in [-0.25, -0.2) is 4.98 Å². The number of hydrogen-bond acceptors (Lipinski definition) is 9. The fourth-order valence-electron chi connectivity index (χ4n) is 2.03. The molecule has 0 aliphatic carbocycles. The van der Waals surface area contributed by atoms with Crippen molar-refractivity contribution in [1.82, 2.24) is 19.9 Å². The third-order valence-corrected chi connectivity index (χ3v) is 3.72. The lowest BCUT2D eigenvalue weighted by atomic mass is 10.3. The summed E-state index contributed by atoms with van der Waals surface area (Å²) in [6.07, 6.45) is 0.821. The Morgan fingerprint density at radius 2 is 2.14 bits per heavy atom. The zero-order chi connectivity index (χ0) is 14.5. The van der Waals surface area contributed by atoms with E-state index in [0.717, 1.165) is 25.2 Å². The first kappa shape index (κ1) is 14.0. The van der Waals surface area contributed by atoms with Gasteiger partial charge >= 0.3 is 0 Å². The summed E-state index contributed by atoms with van der Waals surface area (Å²) in [5.41, 5.74) is 8.65. The normalized spacial score (nSPS) is 15.1. The summed E-state index contributed by atoms with van der Waals surface area (Å²) in [5.74, 6) is 1.32. The highest BCUT2D eigenvalue weighted by Crippen LogP contribution is 2.13. The second-order valence-electron chi connectivity index (χ2n) is 4.57. The fraction of sp³-hybridized carbons (Fsp3) is 0.500. The van der Waals surface area contributed by atoms with E-state index >= 15 is 0 Å². The SMILES string of the molecule is Nc1nc(NCCc2cscn2)nc(N2CCOCC2)n1. The van der Waals surface area contributed by atoms with Crippen molar-refractivity contribution in [3.63, 3.8) is 0 Å². The van der Waals surface area contributed by atoms with Crippen molar-refractivity contribution in [2.24, 2.45) is 0 Å². The number of nitrogens with zero attached hydrogens (tertiary/aromatic N) is 5. The number of nitrogens with two attached hydrogens (primary N) is 1. The van der Waals surface area contributed by atoms with Gasteiger partial charge in [0.25, 0.3) is 0 Å². The molecule has 8 nitrogen and oxygen atoms in total. The van der Waals surface area contributed by atoms with E-state index in [-0.39, 0.29) is 5.95 Å². The van der Waals surface area contributed by atoms with E-state index in [1.54, 1.807) is 11.3 Å². The van der Waals surface area contributed by atoms with Crippen LogP contribution in [0.4, 0.5) is 17.8 Å². The van der Waals surface area contributed by atoms with Crippen LogP contribution in [0.2, 0.25) is 0 Å². The van der Waals surface area contributed by atoms with Crippen LogP contribution in [0.5, 0.6) is 0 Å². The number of nitrogens with one attached hydrogen (secondary N) is 1. The molecule has 3 N–H and O–H groups in total. The zero-order valence-electron chi connectivity index (χ0n) is 11.5. The number of anilines is 3. The van der Waals surface area contributed by atoms with E-state index in [0.29, 0.717) is 31.7 Å². The lowest BCUT2D eigenvalue weighted by Gasteiger charge is -2.26. The van der Waals surface area contributed by atoms with Gasteiger partial charge in [-0.3, -0.25) is 0 Å². The minimum Gasteiger partial charge on any atom is -0.378 e. The molecule has 0 aromatic carbocycles. The number of hydrogen-bond donors (Lipinski definition) is 2. The van der Waals surface area contributed by atoms with Crippen LogP contribution in [0.15, 0.2) is 10.9 Å². The van der Waals surface area contributed by atoms with Crippen LogP contribution < -0.4 is 16.0 Å². The first-order valence-electron chi connectivity index (χ1n) is 6.76. The van der Waals surface area contributed by atoms with Crippen LogP contribution in [0.25, 0.3) is 0 Å². The predicted octanol–water partition coefficient (Wildman–Crippen LogP) is 0.401. The molecular weight excluding hydrogens is 290 g/mol. The monoisotopic (exact) mass is 307 g/mol. The number of nitrogen functional groups attached to an aromatic ring is 1. The van der Waals surface area contributed by atoms with Crippen LogP contribution in [-0.4, -0.2) is 52.8 Å². The fourth-order valence-corrected chi connectivity index (χ4v) is 2.62. The first-order valence-corrected chi connectivity index (χ1v) is 7.71. The summed E-state index contributed by atoms with van der Waals surface area (Å²) in [4.78, 5) is 19.0. The molecule has 0 radical (unpaired) electrons. The van der Waals surface area contributed by atoms with Crippen molar-refractivity contribution in [3.05, 3.63) is 16.6 Å². The van der Waals surface area contributed by atoms with E-state index in [1.807, 2.05) is 15.8 Å². The lowest BCUT2D eigenvalue weighted by molar-refractivity contribution is 0.122. The molecule has 1 fully saturated rings. The second-order valence-corrected chi connectivity index (χ2v) is 5.29. The van der Waals surface area contributed by atoms with Crippen LogP contribution in [0.3, 0.4) is 0 Å². The zero-order valence-corrected chi connectivity index (χ0v) is 12.3. The van der Waals surface area contributed by atoms with Gasteiger partial charge in [-0.15, -0.1) is 11.3 Å². The van der Waals surface area contributed by atoms with E-state index in [4.69, 9.17) is 10.5 Å². The second kappa shape index (κ2) is 6.64. The highest BCUT2D eigenvalue weighted by molar-refractivity contribution is 7.07. The van der Waals surface area contributed by atoms with Gasteiger partial charge in [0.05, 0.1) is 24.4 Å². The van der Waals surface area contributed by atoms with Crippen molar-refractivity contribution in [2.45, 2.75) is 6.42 Å². The molecular formula is C12H17N7OS. The lowest BCUT2D eigenvalue weighted by Crippen LogP contribution is -2.37. The van der Waals surface area contributed by atoms with Gasteiger partial charge in [0.15, 0.2) is 0 Å². The van der Waals surface area contributed by atoms with Crippen molar-refractivity contribution >= 4 is 29.2 Å². The molecule has 0 amide bonds. The van der Waals surface area contributed by atoms with Crippen LogP contribution in [0, 0.1) is 0 Å². The Hall–Kier alpha value is -2.00. The van der Waals surface area contributed by atoms with E-state index in [9.17, 15) is 0 Å². The third kappa shape index (κ3) is 3.76. The Morgan fingerprint density at radius 3 is 2.90 bits per heavy atom. The quantitative estimate of drug-likeness (QED) is 0.818. The highest BCUT2D eigenvalue weighted by atomic mass is 32.1. The Kier molecular flexibility index (Phi) is 4.41. The van der Waals surface area contributed by atoms with Crippen molar-refractivity contribution in [3.8, 4) is 0 Å². The van der Waals surface area contributed by atoms with Crippen molar-refractivity contribution in [2.75, 3.05) is 48.8 Å². The average Bonchev–Trinajstić information content (AvgIpc) is 3.01. The Morgan fingerprint density at radius 1 is 1.29 bits per heavy atom. The number of rotatable bonds is 5. The number of aromatic nitrogens is 4. The van der Waals surface area contributed by atoms with Crippen molar-refractivity contribution < 1.29 is 4.74 Å². The molecule has 112 valence electrons. The summed E-state index contributed by atoms with van der Waals surface area (Å²) in [6.45, 7) is 3.59. The van der Waals surface area contributed by atoms with Gasteiger partial charge in [-0.05, 0) is 0 Å². The third-order valence-electron chi connectivity index (χ3n) is 3.08. The molecule has 0 bridgehead atoms. The average molecular weight is 307 g/mol. The predicted molar refractivity (Wildman–Crippen MR) is 81.6 cm³/mol. The molecule has 3 rings (SSSR count). The molecule has 21 heavy (non-hydrogen) atoms. The smallest absolute Gasteiger partial charge is 0.232 e. The Labute approximate surface area is 126 Å². The van der Waals surface area contributed by atoms with Crippen LogP contribution in [0.1, 0.15) is 5.69 Å². The molecule has 2 aromatic heterocycles. The molecule has 1 aliphatic heterocycles. The maximum atomic E-state index is 5.76. The van der Waals surface area contributed by atoms with Gasteiger partial charge < -0.3 is 20.7 Å². The number of ether oxygens (including phenoxy) is 1. The maximum absolute atomic E-state index is 5.76. The molecule has 1 aliphatic rings. The molecule has 0 spiro atoms. The Balaban J connectivity index is 1.63. The van der Waals surface area contributed by atoms with Gasteiger partial charge in [0.2, 0.25) is 17.8 Å². The maximum Gasteiger partial charge on any atom is 0.232 e. The minimum absolute atomic E-state index is 0.225. The number of thiazole rings is 1. The summed E-state index contributed by atoms with van der Waals surface area (Å²) in [6, 6.07) is 0. The molecule has 0 saturated carbocycles. The van der Waals surface area contributed by atoms with E-state index in [1.165, 1.54) is 0 Å². The molecule has 3 heterocycles. The largest absolute Gasteiger partial charge is 0.378 e. The first-order chi connectivity index (χ1) is 10.3. The van der Waals surface area contributed by atoms with Gasteiger partial charge in [0.1, 0.15) is 0 Å². The van der Waals surface area contributed by atoms with Gasteiger partial charge in [0, 0.05) is 31.4 Å². The minimum atomic E-state index is 0.225. The van der Waals surface area contributed by atoms with Gasteiger partial charge in [-0.1, -0.05) is 0 Å². The standard InChI is InChI=1S/C12H17N7OS/c13-10-16-11(14-2-1-9-7-21-8-15-9)18-12(17-10)19-3-5-20-6-4-19/h7-8H,1-6H2,(H3,13,14,16,17,18). The van der Waals surface area contributed by atoms with E-state index in [2.05, 4.69) is 25.3 Å². The molecule has 9 heteroatoms. The molecule has 0 unspecified atom stereocenters. The van der Waals surface area contributed by atoms with E-state index < -0.39 is 0 Å². The summed E-state index contributed by atoms with van der Waals surface area (Å²) < 4.78 is 5.32. The molecule has 1 saturated heterocycles. The topological polar surface area (TPSA) is 102 Å². The summed E-state index contributed by atoms with van der Waals surface area (Å²) in [5, 5.41) is 5.20. The number of morpholine rings is 1. The Bertz CT molecular complexity index is 571. The van der Waals surface area contributed by atoms with Crippen LogP contribution >= 0.6 is 11.3 Å².